The van der Waals surface area contributed by atoms with Gasteiger partial charge in [0.2, 0.25) is 20.0 Å². The number of aliphatic hydroxyl groups is 3. The van der Waals surface area contributed by atoms with Crippen molar-refractivity contribution in [3.05, 3.63) is 82.7 Å². The number of carbonyl (C=O) groups excluding carboxylic acids is 6. The molecule has 0 bridgehead atoms. The minimum atomic E-state index is -4.46. The van der Waals surface area contributed by atoms with Gasteiger partial charge in [-0.25, -0.2) is 66.6 Å². The SMILES string of the molecule is CC(=O)c1c(F)c(S(=O)(=O)Cl)cn1C.CCOC(=O)N1C[C@@H](CO)[C@@H](N)C1.CCOC(=O)N1C[C@@H](CO)[C@@H](NS(=O)(=O)c2cn(C)c(C(=O)Nc3ccc(F)c(C)c3)c2F)C1.CCOC(=O)N1C[C@@H](CO)[C@@H](NS(=O)(=O)c2cn(C)c(C(C)=O)c2F)C1.[2HH].[2H][2H].[2H][2H].[2H][2H].[2H][2H].[2H][2H].[2H][2H].[2H][2H]. The van der Waals surface area contributed by atoms with E-state index in [1.165, 1.54) is 54.9 Å². The number of hydrogen-bond acceptors (Lipinski definition) is 19. The number of nitrogens with two attached hydrogens (primary N) is 1. The molecule has 3 aliphatic rings. The number of ether oxygens (including phenoxy) is 3. The molecule has 87 heavy (non-hydrogen) atoms. The number of halogens is 5. The van der Waals surface area contributed by atoms with Crippen LogP contribution in [-0.2, 0) is 64.5 Å². The summed E-state index contributed by atoms with van der Waals surface area (Å²) in [7, 11) is -3.91. The monoisotopic (exact) mass is 1350 g/mol. The van der Waals surface area contributed by atoms with Crippen molar-refractivity contribution >= 4 is 81.2 Å². The summed E-state index contributed by atoms with van der Waals surface area (Å²) in [4.78, 5) is 72.0. The Kier molecular flexibility index (Phi) is 22.0. The third kappa shape index (κ3) is 18.2. The quantitative estimate of drug-likeness (QED) is 0.0334. The number of benzene rings is 1. The van der Waals surface area contributed by atoms with Gasteiger partial charge in [-0.15, -0.1) is 0 Å². The molecule has 3 saturated heterocycles. The Labute approximate surface area is 527 Å². The normalized spacial score (nSPS) is 19.9. The predicted octanol–water partition coefficient (Wildman–Crippen LogP) is 4.34. The van der Waals surface area contributed by atoms with Crippen molar-refractivity contribution in [3.8, 4) is 0 Å². The lowest BCUT2D eigenvalue weighted by molar-refractivity contribution is 0.0992. The van der Waals surface area contributed by atoms with Crippen LogP contribution in [0.1, 0.15) is 93.9 Å². The van der Waals surface area contributed by atoms with Crippen molar-refractivity contribution in [1.29, 1.82) is 0 Å². The number of amides is 4. The van der Waals surface area contributed by atoms with E-state index >= 15 is 4.39 Å². The van der Waals surface area contributed by atoms with Crippen molar-refractivity contribution in [3.63, 3.8) is 0 Å². The van der Waals surface area contributed by atoms with Crippen molar-refractivity contribution in [1.82, 2.24) is 37.8 Å². The molecule has 28 nitrogen and oxygen atoms in total. The summed E-state index contributed by atoms with van der Waals surface area (Å²) in [6, 6.07) is 1.97. The van der Waals surface area contributed by atoms with Crippen LogP contribution in [-0.4, -0.2) is 202 Å². The molecule has 3 aromatic heterocycles. The van der Waals surface area contributed by atoms with Crippen molar-refractivity contribution in [2.75, 3.05) is 84.2 Å². The first-order valence-electron chi connectivity index (χ1n) is 33.5. The lowest BCUT2D eigenvalue weighted by Gasteiger charge is -2.17. The molecule has 3 fully saturated rings. The molecule has 3 aliphatic heterocycles. The summed E-state index contributed by atoms with van der Waals surface area (Å²) < 4.78 is 222. The molecule has 6 atom stereocenters. The van der Waals surface area contributed by atoms with E-state index in [0.29, 0.717) is 19.7 Å². The highest BCUT2D eigenvalue weighted by Crippen LogP contribution is 2.28. The molecule has 6 heterocycles. The van der Waals surface area contributed by atoms with Gasteiger partial charge in [0.25, 0.3) is 15.0 Å². The zero-order valence-electron chi connectivity index (χ0n) is 62.8. The Morgan fingerprint density at radius 2 is 0.966 bits per heavy atom. The number of aryl methyl sites for hydroxylation is 4. The molecule has 36 heteroatoms. The number of hydrogen-bond donors (Lipinski definition) is 7. The average Bonchev–Trinajstić information content (AvgIpc) is 1.64. The summed E-state index contributed by atoms with van der Waals surface area (Å²) in [5, 5.41) is 30.4. The third-order valence-corrected chi connectivity index (χ3v) is 17.9. The van der Waals surface area contributed by atoms with Gasteiger partial charge in [0.05, 0.1) is 19.8 Å². The highest BCUT2D eigenvalue weighted by Gasteiger charge is 2.42. The van der Waals surface area contributed by atoms with Gasteiger partial charge in [-0.1, -0.05) is 0 Å². The van der Waals surface area contributed by atoms with Gasteiger partial charge in [-0.2, -0.15) is 0 Å². The third-order valence-electron chi connectivity index (χ3n) is 13.7. The average molecular weight is 1350 g/mol. The number of carbonyl (C=O) groups is 6. The summed E-state index contributed by atoms with van der Waals surface area (Å²) in [5.74, 6) is -7.26. The van der Waals surface area contributed by atoms with Crippen LogP contribution < -0.4 is 20.5 Å². The number of sulfonamides is 2. The highest BCUT2D eigenvalue weighted by molar-refractivity contribution is 8.13. The van der Waals surface area contributed by atoms with E-state index < -0.39 is 133 Å². The maximum atomic E-state index is 15.1. The number of nitrogens with zero attached hydrogens (tertiary/aromatic N) is 6. The first-order chi connectivity index (χ1) is 47.5. The van der Waals surface area contributed by atoms with Crippen LogP contribution in [0.5, 0.6) is 0 Å². The van der Waals surface area contributed by atoms with Crippen LogP contribution in [0.3, 0.4) is 0 Å². The fourth-order valence-electron chi connectivity index (χ4n) is 9.32. The summed E-state index contributed by atoms with van der Waals surface area (Å²) in [5.41, 5.74) is 5.00. The standard InChI is InChI=1S/C21H26F2N4O6S.C15H22FN3O6S.C8H16N2O3.C7H7ClFNO3S.8H2/c1-4-33-21(30)27-8-13(11-28)16(9-27)25-34(31,32)17-10-26(3)19(18(17)23)20(29)24-14-5-6-15(22)12(2)7-14;1-4-25-15(22)19-5-10(8-20)11(6-19)17-26(23,24)12-7-18(3)14(9(2)21)13(12)16;1-2-13-8(12)10-3-6(5-11)7(9)4-10;1-4(11)7-6(9)5(3-10(7)2)14(8,12)13;;;;;;;;/h5-7,10,13,16,25,28H,4,8-9,11H2,1-3H3,(H,24,29);7,10-11,17,20H,4-6,8H2,1-3H3;6-7,11H,2-5,9H2,1H3;3H,1-2H3;8*1H/t13-,16-;10-,11-;6-,7-;;;;;;;;;/m000........./s1/i;;;;7*1+1D;1+1. The summed E-state index contributed by atoms with van der Waals surface area (Å²) in [6.07, 6.45) is 1.33. The molecule has 502 valence electrons. The fraction of sp³-hybridized carbons (Fsp3) is 0.529. The molecular formula is C51H87ClF4N10O18S3. The van der Waals surface area contributed by atoms with Crippen LogP contribution in [0.25, 0.3) is 0 Å². The van der Waals surface area contributed by atoms with E-state index in [0.717, 1.165) is 52.2 Å². The molecule has 0 spiro atoms. The number of Topliss-reactive ketones (excluding diaryl/α,β-unsaturated/α-hetero) is 2. The van der Waals surface area contributed by atoms with Crippen LogP contribution in [0, 0.1) is 47.9 Å². The smallest absolute Gasteiger partial charge is 0.409 e. The van der Waals surface area contributed by atoms with Gasteiger partial charge < -0.3 is 69.0 Å². The Morgan fingerprint density at radius 3 is 1.30 bits per heavy atom. The van der Waals surface area contributed by atoms with Gasteiger partial charge in [0.1, 0.15) is 37.6 Å². The highest BCUT2D eigenvalue weighted by atomic mass is 35.7. The maximum Gasteiger partial charge on any atom is 0.409 e. The van der Waals surface area contributed by atoms with E-state index in [1.807, 2.05) is 0 Å². The van der Waals surface area contributed by atoms with Gasteiger partial charge in [-0.05, 0) is 51.5 Å². The first-order valence-corrected chi connectivity index (χ1v) is 31.8. The molecule has 7 rings (SSSR count). The van der Waals surface area contributed by atoms with E-state index in [9.17, 15) is 77.4 Å². The van der Waals surface area contributed by atoms with Crippen LogP contribution in [0.2, 0.25) is 0 Å². The number of aliphatic hydroxyl groups excluding tert-OH is 3. The molecular weight excluding hydrogens is 1250 g/mol. The molecule has 0 saturated carbocycles. The van der Waals surface area contributed by atoms with E-state index in [4.69, 9.17) is 56.5 Å². The number of ketones is 2. The summed E-state index contributed by atoms with van der Waals surface area (Å²) >= 11 is 0. The number of rotatable bonds is 17. The van der Waals surface area contributed by atoms with Gasteiger partial charge in [0.15, 0.2) is 29.0 Å². The Morgan fingerprint density at radius 1 is 0.609 bits per heavy atom. The van der Waals surface area contributed by atoms with E-state index in [-0.39, 0.29) is 94.7 Å². The van der Waals surface area contributed by atoms with E-state index in [2.05, 4.69) is 14.8 Å². The van der Waals surface area contributed by atoms with Crippen molar-refractivity contribution in [2.45, 2.75) is 74.4 Å². The maximum absolute atomic E-state index is 15.1. The van der Waals surface area contributed by atoms with Crippen LogP contribution >= 0.6 is 10.7 Å². The van der Waals surface area contributed by atoms with Crippen molar-refractivity contribution < 1.29 is 123 Å². The van der Waals surface area contributed by atoms with Crippen LogP contribution in [0.4, 0.5) is 37.6 Å². The Balaban J connectivity index is -0.000000407. The molecule has 8 N–H and O–H groups in total. The lowest BCUT2D eigenvalue weighted by atomic mass is 10.1. The molecule has 4 amide bonds. The minimum Gasteiger partial charge on any atom is -0.450 e. The molecule has 1 aromatic carbocycles. The number of aromatic nitrogens is 3. The van der Waals surface area contributed by atoms with Crippen molar-refractivity contribution in [2.24, 2.45) is 44.6 Å². The zero-order chi connectivity index (χ0) is 79.8. The molecule has 0 radical (unpaired) electrons. The number of anilines is 1. The zero-order valence-corrected chi connectivity index (χ0v) is 52.0. The predicted molar refractivity (Wildman–Crippen MR) is 319 cm³/mol. The topological polar surface area (TPSA) is 380 Å². The first kappa shape index (κ1) is 61.9. The van der Waals surface area contributed by atoms with Gasteiger partial charge in [0, 0.05) is 187 Å². The second-order valence-electron chi connectivity index (χ2n) is 20.0. The van der Waals surface area contributed by atoms with Gasteiger partial charge >= 0.3 is 18.3 Å². The second-order valence-corrected chi connectivity index (χ2v) is 25.9. The van der Waals surface area contributed by atoms with Crippen LogP contribution in [0.15, 0.2) is 51.5 Å². The minimum absolute atomic E-state index is 0. The molecule has 0 aliphatic carbocycles. The fourth-order valence-corrected chi connectivity index (χ4v) is 13.1. The number of nitrogens with one attached hydrogen (secondary N) is 3. The lowest BCUT2D eigenvalue weighted by Crippen LogP contribution is -2.42. The molecule has 4 aromatic rings. The Hall–Kier alpha value is -6.70. The molecule has 0 unspecified atom stereocenters. The number of likely N-dealkylation sites (tertiary alicyclic amines) is 3. The van der Waals surface area contributed by atoms with E-state index in [1.54, 1.807) is 20.8 Å². The largest absolute Gasteiger partial charge is 0.450 e. The summed E-state index contributed by atoms with van der Waals surface area (Å²) in [6.45, 7) is 9.77. The second kappa shape index (κ2) is 31.0. The van der Waals surface area contributed by atoms with Gasteiger partial charge in [-0.3, -0.25) is 14.4 Å². The Bertz CT molecular complexity index is 3580.